The molecule has 1 saturated heterocycles. The van der Waals surface area contributed by atoms with Gasteiger partial charge in [0.2, 0.25) is 0 Å². The summed E-state index contributed by atoms with van der Waals surface area (Å²) in [4.78, 5) is 8.30. The van der Waals surface area contributed by atoms with Crippen molar-refractivity contribution in [2.75, 3.05) is 13.1 Å². The Morgan fingerprint density at radius 2 is 2.22 bits per heavy atom. The van der Waals surface area contributed by atoms with E-state index in [1.165, 1.54) is 25.9 Å². The van der Waals surface area contributed by atoms with E-state index < -0.39 is 0 Å². The van der Waals surface area contributed by atoms with Gasteiger partial charge in [0.15, 0.2) is 0 Å². The molecule has 0 unspecified atom stereocenters. The van der Waals surface area contributed by atoms with E-state index >= 15 is 0 Å². The van der Waals surface area contributed by atoms with Crippen LogP contribution in [-0.4, -0.2) is 33.2 Å². The van der Waals surface area contributed by atoms with E-state index in [9.17, 15) is 0 Å². The van der Waals surface area contributed by atoms with Gasteiger partial charge in [0, 0.05) is 0 Å². The van der Waals surface area contributed by atoms with E-state index in [0.717, 1.165) is 22.1 Å². The topological polar surface area (TPSA) is 58.0 Å². The largest absolute Gasteiger partial charge is 0.408 e. The fraction of sp³-hybridized carbons (Fsp3) is 0.545. The number of nitrogens with zero attached hydrogens (tertiary/aromatic N) is 3. The normalized spacial score (nSPS) is 16.5. The number of H-pyrrole nitrogens is 1. The number of thiazole rings is 1. The Balaban J connectivity index is 1.83. The second-order valence-electron chi connectivity index (χ2n) is 4.42. The summed E-state index contributed by atoms with van der Waals surface area (Å²) in [6, 6.07) is 0. The quantitative estimate of drug-likeness (QED) is 0.877. The van der Waals surface area contributed by atoms with Crippen molar-refractivity contribution < 1.29 is 4.42 Å². The van der Waals surface area contributed by atoms with Crippen LogP contribution in [0.2, 0.25) is 0 Å². The lowest BCUT2D eigenvalue weighted by atomic mass is 10.4. The second kappa shape index (κ2) is 4.91. The summed E-state index contributed by atoms with van der Waals surface area (Å²) in [6.45, 7) is 5.26. The Hall–Kier alpha value is -1.05. The Morgan fingerprint density at radius 3 is 2.89 bits per heavy atom. The van der Waals surface area contributed by atoms with Crippen LogP contribution in [0.3, 0.4) is 0 Å². The third kappa shape index (κ3) is 2.38. The highest BCUT2D eigenvalue weighted by Gasteiger charge is 2.17. The number of aromatic amines is 1. The first-order valence-electron chi connectivity index (χ1n) is 5.97. The van der Waals surface area contributed by atoms with Crippen molar-refractivity contribution in [3.8, 4) is 10.8 Å². The molecule has 0 spiro atoms. The monoisotopic (exact) mass is 282 g/mol. The van der Waals surface area contributed by atoms with Gasteiger partial charge in [-0.1, -0.05) is 0 Å². The van der Waals surface area contributed by atoms with Gasteiger partial charge in [0.25, 0.3) is 10.7 Å². The Morgan fingerprint density at radius 1 is 1.44 bits per heavy atom. The molecule has 1 N–H and O–H groups in total. The molecule has 96 valence electrons. The number of hydrogen-bond donors (Lipinski definition) is 1. The highest BCUT2D eigenvalue weighted by atomic mass is 32.1. The predicted molar refractivity (Wildman–Crippen MR) is 72.0 cm³/mol. The van der Waals surface area contributed by atoms with Crippen molar-refractivity contribution in [2.45, 2.75) is 26.3 Å². The van der Waals surface area contributed by atoms with Crippen LogP contribution in [0.4, 0.5) is 0 Å². The lowest BCUT2D eigenvalue weighted by molar-refractivity contribution is 0.330. The molecule has 5 nitrogen and oxygen atoms in total. The molecule has 2 aromatic rings. The van der Waals surface area contributed by atoms with Gasteiger partial charge in [-0.2, -0.15) is 0 Å². The Kier molecular flexibility index (Phi) is 3.27. The van der Waals surface area contributed by atoms with Gasteiger partial charge >= 0.3 is 0 Å². The second-order valence-corrected chi connectivity index (χ2v) is 5.88. The summed E-state index contributed by atoms with van der Waals surface area (Å²) in [6.07, 6.45) is 2.59. The molecular weight excluding hydrogens is 268 g/mol. The summed E-state index contributed by atoms with van der Waals surface area (Å²) in [5, 5.41) is 7.82. The van der Waals surface area contributed by atoms with E-state index in [1.54, 1.807) is 11.3 Å². The third-order valence-corrected chi connectivity index (χ3v) is 4.34. The maximum absolute atomic E-state index is 5.34. The number of rotatable bonds is 3. The fourth-order valence-corrected chi connectivity index (χ4v) is 3.34. The van der Waals surface area contributed by atoms with Gasteiger partial charge in [-0.15, -0.1) is 16.4 Å². The molecule has 1 fully saturated rings. The summed E-state index contributed by atoms with van der Waals surface area (Å²) in [7, 11) is 0. The summed E-state index contributed by atoms with van der Waals surface area (Å²) < 4.78 is 5.34. The molecule has 0 saturated carbocycles. The Labute approximate surface area is 114 Å². The lowest BCUT2D eigenvalue weighted by Crippen LogP contribution is -2.18. The van der Waals surface area contributed by atoms with E-state index in [1.807, 2.05) is 6.92 Å². The van der Waals surface area contributed by atoms with Gasteiger partial charge in [-0.05, 0) is 45.1 Å². The van der Waals surface area contributed by atoms with Crippen molar-refractivity contribution in [1.82, 2.24) is 20.1 Å². The van der Waals surface area contributed by atoms with Crippen molar-refractivity contribution in [1.29, 1.82) is 0 Å². The molecule has 18 heavy (non-hydrogen) atoms. The zero-order valence-corrected chi connectivity index (χ0v) is 11.7. The SMILES string of the molecule is Cc1nc(CN2CCCC2)sc1-c1n[nH]c(=S)o1. The molecule has 3 heterocycles. The van der Waals surface area contributed by atoms with Crippen LogP contribution in [0.25, 0.3) is 10.8 Å². The number of aromatic nitrogens is 3. The molecule has 7 heteroatoms. The highest BCUT2D eigenvalue weighted by molar-refractivity contribution is 7.71. The van der Waals surface area contributed by atoms with Gasteiger partial charge in [-0.3, -0.25) is 4.90 Å². The van der Waals surface area contributed by atoms with Crippen LogP contribution in [0.15, 0.2) is 4.42 Å². The molecule has 0 amide bonds. The van der Waals surface area contributed by atoms with Crippen LogP contribution >= 0.6 is 23.6 Å². The maximum Gasteiger partial charge on any atom is 0.284 e. The molecule has 2 aromatic heterocycles. The fourth-order valence-electron chi connectivity index (χ4n) is 2.18. The average Bonchev–Trinajstić information content (AvgIpc) is 3.02. The first kappa shape index (κ1) is 12.0. The van der Waals surface area contributed by atoms with Crippen LogP contribution in [0.5, 0.6) is 0 Å². The van der Waals surface area contributed by atoms with Gasteiger partial charge in [0.05, 0.1) is 12.2 Å². The third-order valence-electron chi connectivity index (χ3n) is 3.03. The van der Waals surface area contributed by atoms with Gasteiger partial charge in [-0.25, -0.2) is 10.1 Å². The summed E-state index contributed by atoms with van der Waals surface area (Å²) in [5.41, 5.74) is 0.958. The Bertz CT molecular complexity index is 594. The van der Waals surface area contributed by atoms with Gasteiger partial charge in [0.1, 0.15) is 9.88 Å². The van der Waals surface area contributed by atoms with Crippen LogP contribution < -0.4 is 0 Å². The van der Waals surface area contributed by atoms with Gasteiger partial charge < -0.3 is 4.42 Å². The van der Waals surface area contributed by atoms with Crippen LogP contribution in [0.1, 0.15) is 23.5 Å². The number of aryl methyl sites for hydroxylation is 1. The van der Waals surface area contributed by atoms with Crippen molar-refractivity contribution in [3.05, 3.63) is 15.5 Å². The minimum absolute atomic E-state index is 0.305. The molecular formula is C11H14N4OS2. The van der Waals surface area contributed by atoms with Crippen LogP contribution in [0, 0.1) is 11.8 Å². The molecule has 0 bridgehead atoms. The number of hydrogen-bond acceptors (Lipinski definition) is 6. The number of likely N-dealkylation sites (tertiary alicyclic amines) is 1. The maximum atomic E-state index is 5.34. The molecule has 3 rings (SSSR count). The first-order chi connectivity index (χ1) is 8.72. The van der Waals surface area contributed by atoms with E-state index in [4.69, 9.17) is 16.6 Å². The van der Waals surface area contributed by atoms with E-state index in [2.05, 4.69) is 20.1 Å². The summed E-state index contributed by atoms with van der Waals surface area (Å²) in [5.74, 6) is 0.544. The van der Waals surface area contributed by atoms with E-state index in [-0.39, 0.29) is 0 Å². The zero-order valence-electron chi connectivity index (χ0n) is 10.1. The minimum Gasteiger partial charge on any atom is -0.408 e. The van der Waals surface area contributed by atoms with Crippen molar-refractivity contribution in [2.24, 2.45) is 0 Å². The summed E-state index contributed by atoms with van der Waals surface area (Å²) >= 11 is 6.53. The predicted octanol–water partition coefficient (Wildman–Crippen LogP) is 2.76. The molecule has 0 aliphatic carbocycles. The van der Waals surface area contributed by atoms with Crippen molar-refractivity contribution in [3.63, 3.8) is 0 Å². The highest BCUT2D eigenvalue weighted by Crippen LogP contribution is 2.29. The molecule has 1 aliphatic rings. The molecule has 0 atom stereocenters. The van der Waals surface area contributed by atoms with Crippen LogP contribution in [-0.2, 0) is 6.54 Å². The van der Waals surface area contributed by atoms with E-state index in [0.29, 0.717) is 10.7 Å². The zero-order chi connectivity index (χ0) is 12.5. The standard InChI is InChI=1S/C11H14N4OS2/c1-7-9(10-13-14-11(17)16-10)18-8(12-7)6-15-4-2-3-5-15/h2-6H2,1H3,(H,14,17). The molecule has 1 aliphatic heterocycles. The van der Waals surface area contributed by atoms with Crippen molar-refractivity contribution >= 4 is 23.6 Å². The smallest absolute Gasteiger partial charge is 0.284 e. The minimum atomic E-state index is 0.305. The lowest BCUT2D eigenvalue weighted by Gasteiger charge is -2.11. The first-order valence-corrected chi connectivity index (χ1v) is 7.19. The molecule has 0 aromatic carbocycles. The number of nitrogens with one attached hydrogen (secondary N) is 1. The average molecular weight is 282 g/mol. The molecule has 0 radical (unpaired) electrons.